The van der Waals surface area contributed by atoms with Crippen LogP contribution < -0.4 is 25.0 Å². The van der Waals surface area contributed by atoms with Crippen LogP contribution >= 0.6 is 0 Å². The SMILES string of the molecule is O=C(CN1CCCc2cc(F)cc(F)c21)NC(=O)Nc1ccc2c(c1)OCCO2. The summed E-state index contributed by atoms with van der Waals surface area (Å²) in [7, 11) is 0. The highest BCUT2D eigenvalue weighted by Gasteiger charge is 2.24. The number of rotatable bonds is 3. The predicted octanol–water partition coefficient (Wildman–Crippen LogP) is 2.84. The Bertz CT molecular complexity index is 967. The van der Waals surface area contributed by atoms with E-state index in [2.05, 4.69) is 10.6 Å². The van der Waals surface area contributed by atoms with E-state index in [1.165, 1.54) is 11.0 Å². The fourth-order valence-corrected chi connectivity index (χ4v) is 3.52. The molecule has 0 saturated heterocycles. The van der Waals surface area contributed by atoms with Gasteiger partial charge in [0.25, 0.3) is 0 Å². The summed E-state index contributed by atoms with van der Waals surface area (Å²) < 4.78 is 38.5. The van der Waals surface area contributed by atoms with E-state index in [0.29, 0.717) is 55.4 Å². The van der Waals surface area contributed by atoms with Crippen LogP contribution in [0.2, 0.25) is 0 Å². The minimum absolute atomic E-state index is 0.208. The van der Waals surface area contributed by atoms with E-state index in [1.807, 2.05) is 0 Å². The van der Waals surface area contributed by atoms with Gasteiger partial charge >= 0.3 is 6.03 Å². The number of nitrogens with one attached hydrogen (secondary N) is 2. The van der Waals surface area contributed by atoms with Crippen molar-refractivity contribution in [2.45, 2.75) is 12.8 Å². The minimum atomic E-state index is -0.719. The molecule has 2 aliphatic heterocycles. The number of fused-ring (bicyclic) bond motifs is 2. The number of carbonyl (C=O) groups is 2. The van der Waals surface area contributed by atoms with E-state index < -0.39 is 23.6 Å². The summed E-state index contributed by atoms with van der Waals surface area (Å²) in [5, 5.41) is 4.77. The first-order chi connectivity index (χ1) is 14.0. The molecule has 2 N–H and O–H groups in total. The second-order valence-corrected chi connectivity index (χ2v) is 6.78. The van der Waals surface area contributed by atoms with Gasteiger partial charge in [-0.1, -0.05) is 0 Å². The van der Waals surface area contributed by atoms with Crippen LogP contribution in [0.3, 0.4) is 0 Å². The van der Waals surface area contributed by atoms with Gasteiger partial charge in [0.1, 0.15) is 24.8 Å². The summed E-state index contributed by atoms with van der Waals surface area (Å²) in [4.78, 5) is 25.9. The quantitative estimate of drug-likeness (QED) is 0.824. The van der Waals surface area contributed by atoms with Crippen LogP contribution in [-0.2, 0) is 11.2 Å². The monoisotopic (exact) mass is 403 g/mol. The molecule has 4 rings (SSSR count). The van der Waals surface area contributed by atoms with Gasteiger partial charge in [0.05, 0.1) is 12.2 Å². The van der Waals surface area contributed by atoms with Crippen LogP contribution in [-0.4, -0.2) is 38.2 Å². The molecule has 152 valence electrons. The third-order valence-corrected chi connectivity index (χ3v) is 4.68. The number of anilines is 2. The maximum atomic E-state index is 14.2. The molecule has 0 radical (unpaired) electrons. The maximum absolute atomic E-state index is 14.2. The van der Waals surface area contributed by atoms with Gasteiger partial charge in [-0.25, -0.2) is 13.6 Å². The van der Waals surface area contributed by atoms with Crippen molar-refractivity contribution < 1.29 is 27.8 Å². The molecule has 9 heteroatoms. The van der Waals surface area contributed by atoms with E-state index in [4.69, 9.17) is 9.47 Å². The van der Waals surface area contributed by atoms with Crippen molar-refractivity contribution in [2.24, 2.45) is 0 Å². The number of amides is 3. The molecule has 0 spiro atoms. The number of hydrogen-bond acceptors (Lipinski definition) is 5. The van der Waals surface area contributed by atoms with Crippen LogP contribution in [0, 0.1) is 11.6 Å². The van der Waals surface area contributed by atoms with E-state index in [9.17, 15) is 18.4 Å². The minimum Gasteiger partial charge on any atom is -0.486 e. The molecule has 0 unspecified atom stereocenters. The molecule has 2 aromatic carbocycles. The maximum Gasteiger partial charge on any atom is 0.325 e. The second-order valence-electron chi connectivity index (χ2n) is 6.78. The molecule has 0 saturated carbocycles. The highest BCUT2D eigenvalue weighted by molar-refractivity contribution is 6.02. The Hall–Kier alpha value is -3.36. The van der Waals surface area contributed by atoms with Gasteiger partial charge in [-0.3, -0.25) is 10.1 Å². The lowest BCUT2D eigenvalue weighted by atomic mass is 10.0. The van der Waals surface area contributed by atoms with Crippen molar-refractivity contribution >= 4 is 23.3 Å². The van der Waals surface area contributed by atoms with Crippen LogP contribution in [0.4, 0.5) is 25.0 Å². The van der Waals surface area contributed by atoms with Gasteiger partial charge in [0, 0.05) is 24.4 Å². The van der Waals surface area contributed by atoms with Gasteiger partial charge in [-0.2, -0.15) is 0 Å². The number of imide groups is 1. The summed E-state index contributed by atoms with van der Waals surface area (Å²) >= 11 is 0. The lowest BCUT2D eigenvalue weighted by Gasteiger charge is -2.31. The van der Waals surface area contributed by atoms with Crippen LogP contribution in [0.25, 0.3) is 0 Å². The molecule has 7 nitrogen and oxygen atoms in total. The van der Waals surface area contributed by atoms with Crippen molar-refractivity contribution in [1.29, 1.82) is 0 Å². The summed E-state index contributed by atoms with van der Waals surface area (Å²) in [6, 6.07) is 6.24. The zero-order chi connectivity index (χ0) is 20.4. The number of ether oxygens (including phenoxy) is 2. The van der Waals surface area contributed by atoms with Gasteiger partial charge in [0.15, 0.2) is 11.5 Å². The summed E-state index contributed by atoms with van der Waals surface area (Å²) in [5.74, 6) is -0.871. The van der Waals surface area contributed by atoms with E-state index in [0.717, 1.165) is 6.07 Å². The fraction of sp³-hybridized carbons (Fsp3) is 0.300. The molecular weight excluding hydrogens is 384 g/mol. The van der Waals surface area contributed by atoms with Crippen molar-refractivity contribution in [3.63, 3.8) is 0 Å². The van der Waals surface area contributed by atoms with E-state index >= 15 is 0 Å². The third-order valence-electron chi connectivity index (χ3n) is 4.68. The molecule has 2 heterocycles. The third kappa shape index (κ3) is 4.23. The summed E-state index contributed by atoms with van der Waals surface area (Å²) in [5.41, 5.74) is 1.16. The van der Waals surface area contributed by atoms with Crippen LogP contribution in [0.1, 0.15) is 12.0 Å². The molecule has 0 aromatic heterocycles. The number of benzene rings is 2. The van der Waals surface area contributed by atoms with Crippen LogP contribution in [0.15, 0.2) is 30.3 Å². The lowest BCUT2D eigenvalue weighted by molar-refractivity contribution is -0.118. The molecule has 0 bridgehead atoms. The molecule has 0 aliphatic carbocycles. The van der Waals surface area contributed by atoms with Crippen molar-refractivity contribution in [2.75, 3.05) is 36.5 Å². The summed E-state index contributed by atoms with van der Waals surface area (Å²) in [6.07, 6.45) is 1.19. The number of hydrogen-bond donors (Lipinski definition) is 2. The molecule has 2 aromatic rings. The molecule has 3 amide bonds. The highest BCUT2D eigenvalue weighted by Crippen LogP contribution is 2.33. The highest BCUT2D eigenvalue weighted by atomic mass is 19.1. The predicted molar refractivity (Wildman–Crippen MR) is 101 cm³/mol. The van der Waals surface area contributed by atoms with E-state index in [-0.39, 0.29) is 12.2 Å². The van der Waals surface area contributed by atoms with Crippen molar-refractivity contribution in [1.82, 2.24) is 5.32 Å². The fourth-order valence-electron chi connectivity index (χ4n) is 3.52. The lowest BCUT2D eigenvalue weighted by Crippen LogP contribution is -2.43. The Balaban J connectivity index is 1.38. The first-order valence-corrected chi connectivity index (χ1v) is 9.23. The number of urea groups is 1. The Morgan fingerprint density at radius 2 is 1.86 bits per heavy atom. The molecular formula is C20H19F2N3O4. The average Bonchev–Trinajstić information content (AvgIpc) is 2.67. The van der Waals surface area contributed by atoms with Gasteiger partial charge in [-0.15, -0.1) is 0 Å². The Morgan fingerprint density at radius 3 is 2.69 bits per heavy atom. The topological polar surface area (TPSA) is 79.9 Å². The molecule has 2 aliphatic rings. The number of carbonyl (C=O) groups excluding carboxylic acids is 2. The van der Waals surface area contributed by atoms with Gasteiger partial charge in [0.2, 0.25) is 5.91 Å². The zero-order valence-corrected chi connectivity index (χ0v) is 15.5. The number of aryl methyl sites for hydroxylation is 1. The molecule has 29 heavy (non-hydrogen) atoms. The first kappa shape index (κ1) is 19.0. The van der Waals surface area contributed by atoms with Gasteiger partial charge in [-0.05, 0) is 36.6 Å². The van der Waals surface area contributed by atoms with Crippen LogP contribution in [0.5, 0.6) is 11.5 Å². The smallest absolute Gasteiger partial charge is 0.325 e. The van der Waals surface area contributed by atoms with E-state index in [1.54, 1.807) is 18.2 Å². The Labute approximate surface area is 165 Å². The average molecular weight is 403 g/mol. The largest absolute Gasteiger partial charge is 0.486 e. The zero-order valence-electron chi connectivity index (χ0n) is 15.5. The standard InChI is InChI=1S/C20H19F2N3O4/c21-13-8-12-2-1-5-25(19(12)15(22)9-13)11-18(26)24-20(27)23-14-3-4-16-17(10-14)29-7-6-28-16/h3-4,8-10H,1-2,5-7,11H2,(H2,23,24,26,27). The van der Waals surface area contributed by atoms with Crippen molar-refractivity contribution in [3.8, 4) is 11.5 Å². The Morgan fingerprint density at radius 1 is 1.07 bits per heavy atom. The molecule has 0 atom stereocenters. The van der Waals surface area contributed by atoms with Crippen molar-refractivity contribution in [3.05, 3.63) is 47.5 Å². The van der Waals surface area contributed by atoms with Gasteiger partial charge < -0.3 is 19.7 Å². The number of nitrogens with zero attached hydrogens (tertiary/aromatic N) is 1. The molecule has 0 fully saturated rings. The Kier molecular flexibility index (Phi) is 5.20. The normalized spacial score (nSPS) is 14.8. The number of halogens is 2. The summed E-state index contributed by atoms with van der Waals surface area (Å²) in [6.45, 7) is 1.09. The second kappa shape index (κ2) is 7.94. The first-order valence-electron chi connectivity index (χ1n) is 9.23.